The van der Waals surface area contributed by atoms with Crippen molar-refractivity contribution in [2.45, 2.75) is 52.4 Å². The van der Waals surface area contributed by atoms with Gasteiger partial charge in [-0.2, -0.15) is 5.10 Å². The maximum absolute atomic E-state index is 6.07. The van der Waals surface area contributed by atoms with Crippen LogP contribution in [0.3, 0.4) is 0 Å². The molecule has 2 bridgehead atoms. The topological polar surface area (TPSA) is 56.1 Å². The molecular weight excluding hydrogens is 410 g/mol. The average molecular weight is 448 g/mol. The summed E-state index contributed by atoms with van der Waals surface area (Å²) in [6, 6.07) is 3.93. The SMILES string of the molecule is Cc1nn(C)cc1-c1ccc(OCC2C[C@@H]3CN(CC45CC=C(CC(C)C4)C5)C[C@@H]3C2)nn1. The predicted octanol–water partition coefficient (Wildman–Crippen LogP) is 4.66. The van der Waals surface area contributed by atoms with Crippen molar-refractivity contribution in [3.05, 3.63) is 35.7 Å². The van der Waals surface area contributed by atoms with E-state index in [1.807, 2.05) is 37.0 Å². The van der Waals surface area contributed by atoms with E-state index in [4.69, 9.17) is 4.74 Å². The van der Waals surface area contributed by atoms with E-state index in [0.717, 1.165) is 41.3 Å². The predicted molar refractivity (Wildman–Crippen MR) is 129 cm³/mol. The van der Waals surface area contributed by atoms with Gasteiger partial charge >= 0.3 is 0 Å². The standard InChI is InChI=1S/C27H37N5O/c1-18-8-20-6-7-27(11-18,12-20)17-32-13-22-9-21(10-23(22)14-32)16-33-26-5-4-25(28-29-26)24-15-31(3)30-19(24)2/h4-6,15,18,21-23H,7-14,16-17H2,1-3H3/t18?,21?,22-,23+,27?. The van der Waals surface area contributed by atoms with E-state index >= 15 is 0 Å². The molecule has 4 aliphatic rings. The number of nitrogens with zero attached hydrogens (tertiary/aromatic N) is 5. The van der Waals surface area contributed by atoms with Crippen molar-refractivity contribution in [1.29, 1.82) is 0 Å². The Labute approximate surface area is 197 Å². The maximum Gasteiger partial charge on any atom is 0.233 e. The monoisotopic (exact) mass is 447 g/mol. The molecule has 1 aliphatic heterocycles. The summed E-state index contributed by atoms with van der Waals surface area (Å²) in [5.74, 6) is 3.87. The van der Waals surface area contributed by atoms with E-state index in [9.17, 15) is 0 Å². The van der Waals surface area contributed by atoms with Gasteiger partial charge in [-0.05, 0) is 80.6 Å². The first-order valence-electron chi connectivity index (χ1n) is 12.8. The second-order valence-corrected chi connectivity index (χ2v) is 11.7. The summed E-state index contributed by atoms with van der Waals surface area (Å²) in [5.41, 5.74) is 5.15. The summed E-state index contributed by atoms with van der Waals surface area (Å²) in [6.45, 7) is 9.13. The van der Waals surface area contributed by atoms with Crippen LogP contribution in [0.5, 0.6) is 5.88 Å². The molecule has 2 saturated carbocycles. The molecule has 3 heterocycles. The van der Waals surface area contributed by atoms with Gasteiger partial charge in [-0.15, -0.1) is 10.2 Å². The molecule has 6 heteroatoms. The molecule has 1 saturated heterocycles. The lowest BCUT2D eigenvalue weighted by atomic mass is 9.71. The lowest BCUT2D eigenvalue weighted by Crippen LogP contribution is -2.38. The third-order valence-corrected chi connectivity index (χ3v) is 8.70. The zero-order valence-electron chi connectivity index (χ0n) is 20.3. The number of rotatable bonds is 6. The van der Waals surface area contributed by atoms with Gasteiger partial charge < -0.3 is 9.64 Å². The molecular formula is C27H37N5O. The van der Waals surface area contributed by atoms with Crippen LogP contribution in [0.15, 0.2) is 30.0 Å². The van der Waals surface area contributed by atoms with E-state index in [1.54, 1.807) is 5.57 Å². The van der Waals surface area contributed by atoms with E-state index in [1.165, 1.54) is 58.2 Å². The fourth-order valence-electron chi connectivity index (χ4n) is 7.60. The van der Waals surface area contributed by atoms with E-state index in [0.29, 0.717) is 17.2 Å². The quantitative estimate of drug-likeness (QED) is 0.603. The van der Waals surface area contributed by atoms with Gasteiger partial charge in [0.15, 0.2) is 0 Å². The molecule has 3 unspecified atom stereocenters. The van der Waals surface area contributed by atoms with Crippen molar-refractivity contribution in [2.75, 3.05) is 26.2 Å². The van der Waals surface area contributed by atoms with Crippen LogP contribution in [-0.4, -0.2) is 51.1 Å². The van der Waals surface area contributed by atoms with Gasteiger partial charge in [0.1, 0.15) is 0 Å². The minimum atomic E-state index is 0.563. The number of aromatic nitrogens is 4. The van der Waals surface area contributed by atoms with Gasteiger partial charge in [-0.25, -0.2) is 0 Å². The highest BCUT2D eigenvalue weighted by molar-refractivity contribution is 5.60. The third-order valence-electron chi connectivity index (χ3n) is 8.70. The molecule has 176 valence electrons. The van der Waals surface area contributed by atoms with Gasteiger partial charge in [0.05, 0.1) is 18.0 Å². The smallest absolute Gasteiger partial charge is 0.233 e. The highest BCUT2D eigenvalue weighted by Crippen LogP contribution is 2.51. The van der Waals surface area contributed by atoms with Crippen LogP contribution in [0.2, 0.25) is 0 Å². The Morgan fingerprint density at radius 3 is 2.67 bits per heavy atom. The Kier molecular flexibility index (Phi) is 5.32. The molecule has 0 aromatic carbocycles. The van der Waals surface area contributed by atoms with E-state index in [-0.39, 0.29) is 0 Å². The summed E-state index contributed by atoms with van der Waals surface area (Å²) in [7, 11) is 1.93. The summed E-state index contributed by atoms with van der Waals surface area (Å²) < 4.78 is 7.88. The third kappa shape index (κ3) is 4.23. The molecule has 3 fully saturated rings. The molecule has 6 nitrogen and oxygen atoms in total. The van der Waals surface area contributed by atoms with Gasteiger partial charge in [0, 0.05) is 44.5 Å². The van der Waals surface area contributed by atoms with Gasteiger partial charge in [0.25, 0.3) is 0 Å². The first-order valence-corrected chi connectivity index (χ1v) is 12.8. The highest BCUT2D eigenvalue weighted by Gasteiger charge is 2.46. The van der Waals surface area contributed by atoms with Crippen LogP contribution in [0.4, 0.5) is 0 Å². The summed E-state index contributed by atoms with van der Waals surface area (Å²) in [5, 5.41) is 13.1. The largest absolute Gasteiger partial charge is 0.476 e. The van der Waals surface area contributed by atoms with Crippen molar-refractivity contribution in [3.63, 3.8) is 0 Å². The molecule has 0 amide bonds. The Morgan fingerprint density at radius 2 is 1.97 bits per heavy atom. The fraction of sp³-hybridized carbons (Fsp3) is 0.667. The van der Waals surface area contributed by atoms with Crippen LogP contribution >= 0.6 is 0 Å². The summed E-state index contributed by atoms with van der Waals surface area (Å²) in [4.78, 5) is 2.81. The normalized spacial score (nSPS) is 33.4. The molecule has 5 atom stereocenters. The number of ether oxygens (including phenoxy) is 1. The average Bonchev–Trinajstić information content (AvgIpc) is 3.49. The minimum Gasteiger partial charge on any atom is -0.476 e. The van der Waals surface area contributed by atoms with Crippen LogP contribution in [0, 0.1) is 36.0 Å². The number of aryl methyl sites for hydroxylation is 2. The first-order chi connectivity index (χ1) is 15.9. The van der Waals surface area contributed by atoms with Crippen molar-refractivity contribution < 1.29 is 4.74 Å². The second-order valence-electron chi connectivity index (χ2n) is 11.7. The van der Waals surface area contributed by atoms with Crippen molar-refractivity contribution >= 4 is 0 Å². The zero-order chi connectivity index (χ0) is 22.6. The van der Waals surface area contributed by atoms with E-state index < -0.39 is 0 Å². The number of hydrogen-bond donors (Lipinski definition) is 0. The Balaban J connectivity index is 0.988. The van der Waals surface area contributed by atoms with Crippen LogP contribution in [0.1, 0.15) is 51.1 Å². The Hall–Kier alpha value is -2.21. The molecule has 2 aromatic heterocycles. The van der Waals surface area contributed by atoms with Gasteiger partial charge in [0.2, 0.25) is 5.88 Å². The summed E-state index contributed by atoms with van der Waals surface area (Å²) >= 11 is 0. The number of allylic oxidation sites excluding steroid dienone is 2. The molecule has 3 aliphatic carbocycles. The van der Waals surface area contributed by atoms with Crippen LogP contribution in [0.25, 0.3) is 11.3 Å². The molecule has 0 N–H and O–H groups in total. The van der Waals surface area contributed by atoms with Crippen molar-refractivity contribution in [1.82, 2.24) is 24.9 Å². The zero-order valence-corrected chi connectivity index (χ0v) is 20.3. The van der Waals surface area contributed by atoms with Gasteiger partial charge in [-0.1, -0.05) is 18.6 Å². The molecule has 0 radical (unpaired) electrons. The van der Waals surface area contributed by atoms with Gasteiger partial charge in [-0.3, -0.25) is 4.68 Å². The lowest BCUT2D eigenvalue weighted by molar-refractivity contribution is 0.124. The van der Waals surface area contributed by atoms with Crippen LogP contribution in [-0.2, 0) is 7.05 Å². The van der Waals surface area contributed by atoms with Crippen molar-refractivity contribution in [2.24, 2.45) is 36.1 Å². The number of hydrogen-bond acceptors (Lipinski definition) is 5. The molecule has 0 spiro atoms. The van der Waals surface area contributed by atoms with Crippen LogP contribution < -0.4 is 4.74 Å². The first kappa shape index (κ1) is 21.3. The molecule has 33 heavy (non-hydrogen) atoms. The maximum atomic E-state index is 6.07. The minimum absolute atomic E-state index is 0.563. The Morgan fingerprint density at radius 1 is 1.15 bits per heavy atom. The molecule has 6 rings (SSSR count). The van der Waals surface area contributed by atoms with Crippen molar-refractivity contribution in [3.8, 4) is 17.1 Å². The number of likely N-dealkylation sites (tertiary alicyclic amines) is 1. The highest BCUT2D eigenvalue weighted by atomic mass is 16.5. The Bertz CT molecular complexity index is 1030. The van der Waals surface area contributed by atoms with E-state index in [2.05, 4.69) is 33.2 Å². The molecule has 2 aromatic rings. The fourth-order valence-corrected chi connectivity index (χ4v) is 7.60. The summed E-state index contributed by atoms with van der Waals surface area (Å²) in [6.07, 6.45) is 12.6. The number of fused-ring (bicyclic) bond motifs is 3. The lowest BCUT2D eigenvalue weighted by Gasteiger charge is -2.39. The second kappa shape index (κ2) is 8.23.